The molecule has 34 heavy (non-hydrogen) atoms. The van der Waals surface area contributed by atoms with E-state index in [4.69, 9.17) is 0 Å². The van der Waals surface area contributed by atoms with Crippen LogP contribution >= 0.6 is 11.3 Å². The Kier molecular flexibility index (Phi) is 4.66. The summed E-state index contributed by atoms with van der Waals surface area (Å²) in [5.74, 6) is 0.390. The second kappa shape index (κ2) is 7.63. The first-order valence-electron chi connectivity index (χ1n) is 10.7. The molecular formula is C24H18F2N4O3S. The van der Waals surface area contributed by atoms with Gasteiger partial charge < -0.3 is 4.74 Å². The molecule has 0 N–H and O–H groups in total. The molecule has 0 amide bonds. The highest BCUT2D eigenvalue weighted by Crippen LogP contribution is 2.44. The van der Waals surface area contributed by atoms with E-state index in [0.717, 1.165) is 27.7 Å². The molecule has 10 heteroatoms. The maximum atomic E-state index is 13.8. The lowest BCUT2D eigenvalue weighted by Gasteiger charge is -2.13. The number of aryl methyl sites for hydroxylation is 1. The minimum absolute atomic E-state index is 0.0130. The highest BCUT2D eigenvalue weighted by molar-refractivity contribution is 7.19. The van der Waals surface area contributed by atoms with Gasteiger partial charge in [-0.1, -0.05) is 0 Å². The molecule has 0 atom stereocenters. The van der Waals surface area contributed by atoms with Gasteiger partial charge in [-0.2, -0.15) is 13.9 Å². The van der Waals surface area contributed by atoms with Crippen LogP contribution in [0.4, 0.5) is 8.78 Å². The van der Waals surface area contributed by atoms with Gasteiger partial charge in [-0.15, -0.1) is 11.3 Å². The van der Waals surface area contributed by atoms with Crippen LogP contribution in [-0.4, -0.2) is 25.5 Å². The normalized spacial score (nSPS) is 13.9. The molecular weight excluding hydrogens is 462 g/mol. The molecule has 0 bridgehead atoms. The quantitative estimate of drug-likeness (QED) is 0.370. The number of alkyl halides is 2. The predicted octanol–water partition coefficient (Wildman–Crippen LogP) is 4.57. The zero-order valence-corrected chi connectivity index (χ0v) is 18.8. The number of aromatic nitrogens is 4. The van der Waals surface area contributed by atoms with Crippen LogP contribution < -0.4 is 16.0 Å². The van der Waals surface area contributed by atoms with Crippen molar-refractivity contribution < 1.29 is 13.5 Å². The fourth-order valence-corrected chi connectivity index (χ4v) is 5.44. The SMILES string of the molecule is Cn1cc2ccc(-n3c(=O)c4sc(C5CC5)cc4n(-c4ccc(OC(F)F)cc4)c3=O)cc2n1. The number of hydrogen-bond acceptors (Lipinski definition) is 5. The molecule has 0 aliphatic heterocycles. The molecule has 1 aliphatic carbocycles. The summed E-state index contributed by atoms with van der Waals surface area (Å²) in [6.07, 6.45) is 3.97. The molecule has 3 heterocycles. The highest BCUT2D eigenvalue weighted by Gasteiger charge is 2.28. The number of fused-ring (bicyclic) bond motifs is 2. The van der Waals surface area contributed by atoms with Crippen molar-refractivity contribution in [3.8, 4) is 17.1 Å². The molecule has 0 unspecified atom stereocenters. The van der Waals surface area contributed by atoms with Crippen molar-refractivity contribution in [3.63, 3.8) is 0 Å². The molecule has 5 aromatic rings. The van der Waals surface area contributed by atoms with E-state index in [1.54, 1.807) is 23.9 Å². The predicted molar refractivity (Wildman–Crippen MR) is 126 cm³/mol. The molecule has 0 radical (unpaired) electrons. The topological polar surface area (TPSA) is 71.1 Å². The Balaban J connectivity index is 1.61. The largest absolute Gasteiger partial charge is 0.435 e. The monoisotopic (exact) mass is 480 g/mol. The van der Waals surface area contributed by atoms with Gasteiger partial charge in [-0.05, 0) is 67.3 Å². The van der Waals surface area contributed by atoms with E-state index in [1.807, 2.05) is 18.3 Å². The Morgan fingerprint density at radius 2 is 1.76 bits per heavy atom. The third-order valence-electron chi connectivity index (χ3n) is 5.92. The van der Waals surface area contributed by atoms with Gasteiger partial charge >= 0.3 is 12.3 Å². The molecule has 0 saturated heterocycles. The first-order valence-corrected chi connectivity index (χ1v) is 11.5. The average molecular weight is 480 g/mol. The van der Waals surface area contributed by atoms with E-state index in [1.165, 1.54) is 40.2 Å². The fraction of sp³-hybridized carbons (Fsp3) is 0.208. The van der Waals surface area contributed by atoms with Crippen molar-refractivity contribution in [3.05, 3.63) is 80.4 Å². The first kappa shape index (κ1) is 20.8. The molecule has 172 valence electrons. The molecule has 2 aromatic carbocycles. The van der Waals surface area contributed by atoms with Crippen molar-refractivity contribution in [2.45, 2.75) is 25.4 Å². The van der Waals surface area contributed by atoms with E-state index >= 15 is 0 Å². The maximum absolute atomic E-state index is 13.8. The maximum Gasteiger partial charge on any atom is 0.387 e. The van der Waals surface area contributed by atoms with E-state index in [-0.39, 0.29) is 11.3 Å². The smallest absolute Gasteiger partial charge is 0.387 e. The summed E-state index contributed by atoms with van der Waals surface area (Å²) >= 11 is 1.40. The van der Waals surface area contributed by atoms with Crippen LogP contribution in [0.2, 0.25) is 0 Å². The molecule has 1 aliphatic rings. The van der Waals surface area contributed by atoms with E-state index in [9.17, 15) is 18.4 Å². The Morgan fingerprint density at radius 3 is 2.47 bits per heavy atom. The van der Waals surface area contributed by atoms with Crippen molar-refractivity contribution in [1.82, 2.24) is 18.9 Å². The van der Waals surface area contributed by atoms with Crippen LogP contribution in [0.1, 0.15) is 23.6 Å². The summed E-state index contributed by atoms with van der Waals surface area (Å²) in [7, 11) is 1.80. The number of thiophene rings is 1. The highest BCUT2D eigenvalue weighted by atomic mass is 32.1. The lowest BCUT2D eigenvalue weighted by Crippen LogP contribution is -2.37. The Hall–Kier alpha value is -3.79. The van der Waals surface area contributed by atoms with Crippen LogP contribution in [0.25, 0.3) is 32.5 Å². The summed E-state index contributed by atoms with van der Waals surface area (Å²) in [6, 6.07) is 13.0. The molecule has 1 saturated carbocycles. The van der Waals surface area contributed by atoms with Gasteiger partial charge in [0, 0.05) is 23.5 Å². The second-order valence-corrected chi connectivity index (χ2v) is 9.40. The summed E-state index contributed by atoms with van der Waals surface area (Å²) in [5, 5.41) is 5.28. The third kappa shape index (κ3) is 3.41. The lowest BCUT2D eigenvalue weighted by molar-refractivity contribution is -0.0498. The van der Waals surface area contributed by atoms with Gasteiger partial charge in [-0.3, -0.25) is 14.0 Å². The Bertz CT molecular complexity index is 1680. The zero-order chi connectivity index (χ0) is 23.6. The van der Waals surface area contributed by atoms with Crippen molar-refractivity contribution in [2.24, 2.45) is 7.05 Å². The summed E-state index contributed by atoms with van der Waals surface area (Å²) in [6.45, 7) is -2.94. The van der Waals surface area contributed by atoms with Crippen molar-refractivity contribution in [1.29, 1.82) is 0 Å². The van der Waals surface area contributed by atoms with Crippen molar-refractivity contribution >= 4 is 32.5 Å². The first-order chi connectivity index (χ1) is 16.4. The molecule has 3 aromatic heterocycles. The minimum Gasteiger partial charge on any atom is -0.435 e. The van der Waals surface area contributed by atoms with Gasteiger partial charge in [0.05, 0.1) is 22.4 Å². The van der Waals surface area contributed by atoms with Crippen molar-refractivity contribution in [2.75, 3.05) is 0 Å². The van der Waals surface area contributed by atoms with E-state index < -0.39 is 12.3 Å². The Morgan fingerprint density at radius 1 is 1.03 bits per heavy atom. The summed E-state index contributed by atoms with van der Waals surface area (Å²) in [5.41, 5.74) is 1.10. The second-order valence-electron chi connectivity index (χ2n) is 8.31. The fourth-order valence-electron chi connectivity index (χ4n) is 4.20. The number of rotatable bonds is 5. The van der Waals surface area contributed by atoms with Crippen LogP contribution in [0.15, 0.2) is 64.3 Å². The lowest BCUT2D eigenvalue weighted by atomic mass is 10.2. The summed E-state index contributed by atoms with van der Waals surface area (Å²) in [4.78, 5) is 28.4. The van der Waals surface area contributed by atoms with Crippen LogP contribution in [0.3, 0.4) is 0 Å². The van der Waals surface area contributed by atoms with Gasteiger partial charge in [-0.25, -0.2) is 9.36 Å². The van der Waals surface area contributed by atoms with Crippen LogP contribution in [0, 0.1) is 0 Å². The van der Waals surface area contributed by atoms with Gasteiger partial charge in [0.25, 0.3) is 5.56 Å². The molecule has 7 nitrogen and oxygen atoms in total. The number of halogens is 2. The summed E-state index contributed by atoms with van der Waals surface area (Å²) < 4.78 is 34.3. The Labute approximate surface area is 195 Å². The molecule has 6 rings (SSSR count). The van der Waals surface area contributed by atoms with Gasteiger partial charge in [0.2, 0.25) is 0 Å². The number of nitrogens with zero attached hydrogens (tertiary/aromatic N) is 4. The number of hydrogen-bond donors (Lipinski definition) is 0. The van der Waals surface area contributed by atoms with E-state index in [2.05, 4.69) is 9.84 Å². The zero-order valence-electron chi connectivity index (χ0n) is 17.9. The van der Waals surface area contributed by atoms with Gasteiger partial charge in [0.1, 0.15) is 10.4 Å². The van der Waals surface area contributed by atoms with Crippen LogP contribution in [0.5, 0.6) is 5.75 Å². The number of benzene rings is 2. The van der Waals surface area contributed by atoms with Gasteiger partial charge in [0.15, 0.2) is 0 Å². The molecule has 0 spiro atoms. The average Bonchev–Trinajstić information content (AvgIpc) is 3.44. The standard InChI is InChI=1S/C24H18F2N4O3S/c1-28-12-14-4-5-16(10-18(14)27-28)30-22(31)21-19(11-20(34-21)13-2-3-13)29(24(30)32)15-6-8-17(9-7-15)33-23(25)26/h4-13,23H,2-3H2,1H3. The van der Waals surface area contributed by atoms with Crippen LogP contribution in [-0.2, 0) is 7.05 Å². The molecule has 1 fully saturated rings. The minimum atomic E-state index is -2.94. The number of ether oxygens (including phenoxy) is 1. The third-order valence-corrected chi connectivity index (χ3v) is 7.19. The van der Waals surface area contributed by atoms with E-state index in [0.29, 0.717) is 33.0 Å².